The van der Waals surface area contributed by atoms with E-state index in [1.165, 1.54) is 91.2 Å². The van der Waals surface area contributed by atoms with Crippen LogP contribution in [-0.4, -0.2) is 14.1 Å². The second-order valence-electron chi connectivity index (χ2n) is 13.8. The summed E-state index contributed by atoms with van der Waals surface area (Å²) in [4.78, 5) is 3.86. The van der Waals surface area contributed by atoms with Gasteiger partial charge < -0.3 is 14.1 Å². The monoisotopic (exact) mass is 679 g/mol. The van der Waals surface area contributed by atoms with E-state index in [9.17, 15) is 0 Å². The SMILES string of the molecule is c1ccc(-n2c3ccccc3c3ccc4c5ccccc5n(-c5ccc6[nH]c7c(-c8cccc9sc%10ccccc%10c89)cccc7c6c5)c4c32)cc1. The topological polar surface area (TPSA) is 25.6 Å². The van der Waals surface area contributed by atoms with Gasteiger partial charge in [-0.15, -0.1) is 11.3 Å². The van der Waals surface area contributed by atoms with Crippen molar-refractivity contribution in [3.8, 4) is 22.5 Å². The molecule has 0 saturated carbocycles. The summed E-state index contributed by atoms with van der Waals surface area (Å²) in [5.41, 5.74) is 12.0. The molecule has 0 aliphatic heterocycles. The molecule has 0 aliphatic rings. The number of hydrogen-bond donors (Lipinski definition) is 1. The predicted molar refractivity (Wildman–Crippen MR) is 223 cm³/mol. The second kappa shape index (κ2) is 10.5. The molecule has 0 saturated heterocycles. The number of aromatic amines is 1. The van der Waals surface area contributed by atoms with E-state index in [-0.39, 0.29) is 0 Å². The minimum absolute atomic E-state index is 1.14. The lowest BCUT2D eigenvalue weighted by molar-refractivity contribution is 1.15. The normalized spacial score (nSPS) is 12.2. The Morgan fingerprint density at radius 3 is 1.75 bits per heavy atom. The highest BCUT2D eigenvalue weighted by atomic mass is 32.1. The van der Waals surface area contributed by atoms with Gasteiger partial charge in [-0.3, -0.25) is 0 Å². The van der Waals surface area contributed by atoms with Crippen LogP contribution in [0, 0.1) is 0 Å². The van der Waals surface area contributed by atoms with E-state index < -0.39 is 0 Å². The van der Waals surface area contributed by atoms with Gasteiger partial charge in [0.05, 0.1) is 27.6 Å². The second-order valence-corrected chi connectivity index (χ2v) is 14.8. The van der Waals surface area contributed by atoms with Crippen LogP contribution in [0.2, 0.25) is 0 Å². The molecule has 4 heterocycles. The largest absolute Gasteiger partial charge is 0.354 e. The van der Waals surface area contributed by atoms with E-state index in [2.05, 4.69) is 184 Å². The molecule has 0 bridgehead atoms. The molecule has 0 spiro atoms. The van der Waals surface area contributed by atoms with E-state index in [0.717, 1.165) is 16.9 Å². The van der Waals surface area contributed by atoms with Crippen molar-refractivity contribution in [1.29, 1.82) is 0 Å². The minimum atomic E-state index is 1.14. The van der Waals surface area contributed by atoms with E-state index in [0.29, 0.717) is 0 Å². The van der Waals surface area contributed by atoms with Crippen molar-refractivity contribution in [3.05, 3.63) is 170 Å². The molecular weight excluding hydrogens is 651 g/mol. The lowest BCUT2D eigenvalue weighted by Crippen LogP contribution is -1.98. The van der Waals surface area contributed by atoms with Crippen molar-refractivity contribution in [1.82, 2.24) is 14.1 Å². The van der Waals surface area contributed by atoms with Crippen molar-refractivity contribution >= 4 is 96.9 Å². The summed E-state index contributed by atoms with van der Waals surface area (Å²) < 4.78 is 7.59. The molecular formula is C48H29N3S. The van der Waals surface area contributed by atoms with Crippen LogP contribution in [0.5, 0.6) is 0 Å². The van der Waals surface area contributed by atoms with Crippen LogP contribution < -0.4 is 0 Å². The fourth-order valence-electron chi connectivity index (χ4n) is 8.89. The highest BCUT2D eigenvalue weighted by Crippen LogP contribution is 2.44. The molecule has 1 N–H and O–H groups in total. The van der Waals surface area contributed by atoms with Gasteiger partial charge in [-0.2, -0.15) is 0 Å². The van der Waals surface area contributed by atoms with Crippen LogP contribution in [0.4, 0.5) is 0 Å². The first kappa shape index (κ1) is 28.1. The summed E-state index contributed by atoms with van der Waals surface area (Å²) in [6.45, 7) is 0. The van der Waals surface area contributed by atoms with Crippen LogP contribution in [0.1, 0.15) is 0 Å². The summed E-state index contributed by atoms with van der Waals surface area (Å²) in [7, 11) is 0. The Morgan fingerprint density at radius 2 is 0.981 bits per heavy atom. The Morgan fingerprint density at radius 1 is 0.385 bits per heavy atom. The van der Waals surface area contributed by atoms with Gasteiger partial charge in [0, 0.05) is 74.9 Å². The van der Waals surface area contributed by atoms with E-state index in [4.69, 9.17) is 0 Å². The van der Waals surface area contributed by atoms with Crippen LogP contribution >= 0.6 is 11.3 Å². The Kier molecular flexibility index (Phi) is 5.65. The lowest BCUT2D eigenvalue weighted by Gasteiger charge is -2.12. The average Bonchev–Trinajstić information content (AvgIpc) is 3.95. The zero-order valence-corrected chi connectivity index (χ0v) is 28.8. The third-order valence-corrected chi connectivity index (χ3v) is 12.2. The van der Waals surface area contributed by atoms with Crippen molar-refractivity contribution in [2.75, 3.05) is 0 Å². The summed E-state index contributed by atoms with van der Waals surface area (Å²) in [5.74, 6) is 0. The molecule has 0 amide bonds. The van der Waals surface area contributed by atoms with Gasteiger partial charge in [0.15, 0.2) is 0 Å². The highest BCUT2D eigenvalue weighted by Gasteiger charge is 2.22. The zero-order chi connectivity index (χ0) is 33.9. The number of aromatic nitrogens is 3. The van der Waals surface area contributed by atoms with Gasteiger partial charge in [0.1, 0.15) is 0 Å². The number of H-pyrrole nitrogens is 1. The van der Waals surface area contributed by atoms with Gasteiger partial charge in [-0.1, -0.05) is 115 Å². The summed E-state index contributed by atoms with van der Waals surface area (Å²) in [6, 6.07) is 62.3. The summed E-state index contributed by atoms with van der Waals surface area (Å²) >= 11 is 1.87. The molecule has 0 unspecified atom stereocenters. The molecule has 4 heteroatoms. The smallest absolute Gasteiger partial charge is 0.0788 e. The van der Waals surface area contributed by atoms with Crippen LogP contribution in [0.3, 0.4) is 0 Å². The number of benzene rings is 8. The van der Waals surface area contributed by atoms with Gasteiger partial charge in [-0.05, 0) is 60.2 Å². The van der Waals surface area contributed by atoms with Gasteiger partial charge >= 0.3 is 0 Å². The number of thiophene rings is 1. The minimum Gasteiger partial charge on any atom is -0.354 e. The Bertz CT molecular complexity index is 3410. The van der Waals surface area contributed by atoms with E-state index in [1.807, 2.05) is 11.3 Å². The Labute approximate surface area is 302 Å². The molecule has 0 aliphatic carbocycles. The molecule has 242 valence electrons. The molecule has 12 rings (SSSR count). The molecule has 12 aromatic rings. The molecule has 0 fully saturated rings. The Balaban J connectivity index is 1.17. The van der Waals surface area contributed by atoms with Crippen molar-refractivity contribution < 1.29 is 0 Å². The standard InChI is InChI=1S/C48H29N3S/c1-2-12-29(13-3-1)50-41-20-7-4-14-31(41)36-25-26-37-32-15-5-8-21-42(32)51(48(37)47(36)50)30-24-27-40-39(28-30)35-19-10-18-34(46(35)49-40)33-17-11-23-44-45(33)38-16-6-9-22-43(38)52-44/h1-28,49H. The zero-order valence-electron chi connectivity index (χ0n) is 28.0. The lowest BCUT2D eigenvalue weighted by atomic mass is 9.97. The first-order chi connectivity index (χ1) is 25.8. The fourth-order valence-corrected chi connectivity index (χ4v) is 10.0. The van der Waals surface area contributed by atoms with E-state index >= 15 is 0 Å². The molecule has 8 aromatic carbocycles. The van der Waals surface area contributed by atoms with Crippen LogP contribution in [-0.2, 0) is 0 Å². The highest BCUT2D eigenvalue weighted by molar-refractivity contribution is 7.25. The van der Waals surface area contributed by atoms with Gasteiger partial charge in [-0.25, -0.2) is 0 Å². The first-order valence-electron chi connectivity index (χ1n) is 17.8. The van der Waals surface area contributed by atoms with Crippen molar-refractivity contribution in [2.45, 2.75) is 0 Å². The fraction of sp³-hybridized carbons (Fsp3) is 0. The van der Waals surface area contributed by atoms with Crippen molar-refractivity contribution in [2.24, 2.45) is 0 Å². The number of para-hydroxylation sites is 4. The maximum absolute atomic E-state index is 3.86. The summed E-state index contributed by atoms with van der Waals surface area (Å²) in [5, 5.41) is 10.1. The predicted octanol–water partition coefficient (Wildman–Crippen LogP) is 13.6. The van der Waals surface area contributed by atoms with Crippen molar-refractivity contribution in [3.63, 3.8) is 0 Å². The maximum Gasteiger partial charge on any atom is 0.0788 e. The third-order valence-electron chi connectivity index (χ3n) is 11.1. The number of nitrogens with one attached hydrogen (secondary N) is 1. The molecule has 4 aromatic heterocycles. The molecule has 0 atom stereocenters. The molecule has 3 nitrogen and oxygen atoms in total. The van der Waals surface area contributed by atoms with E-state index in [1.54, 1.807) is 0 Å². The first-order valence-corrected chi connectivity index (χ1v) is 18.6. The number of fused-ring (bicyclic) bond motifs is 13. The average molecular weight is 680 g/mol. The molecule has 52 heavy (non-hydrogen) atoms. The quantitative estimate of drug-likeness (QED) is 0.192. The maximum atomic E-state index is 3.86. The Hall–Kier alpha value is -6.62. The van der Waals surface area contributed by atoms with Crippen LogP contribution in [0.25, 0.3) is 108 Å². The molecule has 0 radical (unpaired) electrons. The third kappa shape index (κ3) is 3.74. The number of hydrogen-bond acceptors (Lipinski definition) is 1. The summed E-state index contributed by atoms with van der Waals surface area (Å²) in [6.07, 6.45) is 0. The number of rotatable bonds is 3. The van der Waals surface area contributed by atoms with Gasteiger partial charge in [0.2, 0.25) is 0 Å². The number of nitrogens with zero attached hydrogens (tertiary/aromatic N) is 2. The van der Waals surface area contributed by atoms with Crippen LogP contribution in [0.15, 0.2) is 170 Å². The van der Waals surface area contributed by atoms with Gasteiger partial charge in [0.25, 0.3) is 0 Å².